The number of primary amides is 1. The Morgan fingerprint density at radius 3 is 2.50 bits per heavy atom. The molecule has 0 unspecified atom stereocenters. The van der Waals surface area contributed by atoms with Crippen LogP contribution in [0, 0.1) is 0 Å². The lowest BCUT2D eigenvalue weighted by atomic mass is 10.1. The maximum Gasteiger partial charge on any atom is 0.221 e. The molecule has 0 saturated carbocycles. The van der Waals surface area contributed by atoms with Gasteiger partial charge in [0, 0.05) is 11.7 Å². The number of hydrogen-bond donors (Lipinski definition) is 2. The molecule has 0 aliphatic carbocycles. The van der Waals surface area contributed by atoms with Crippen molar-refractivity contribution >= 4 is 11.6 Å². The zero-order chi connectivity index (χ0) is 12.0. The second kappa shape index (κ2) is 6.16. The predicted molar refractivity (Wildman–Crippen MR) is 67.3 cm³/mol. The van der Waals surface area contributed by atoms with Crippen LogP contribution in [0.2, 0.25) is 0 Å². The molecule has 16 heavy (non-hydrogen) atoms. The highest BCUT2D eigenvalue weighted by Gasteiger charge is 2.08. The fraction of sp³-hybridized carbons (Fsp3) is 0.462. The van der Waals surface area contributed by atoms with E-state index in [-0.39, 0.29) is 5.91 Å². The Labute approximate surface area is 97.0 Å². The van der Waals surface area contributed by atoms with Crippen molar-refractivity contribution < 1.29 is 4.79 Å². The molecule has 1 amide bonds. The molecule has 0 spiro atoms. The Morgan fingerprint density at radius 2 is 1.94 bits per heavy atom. The second-order valence-corrected chi connectivity index (χ2v) is 3.96. The van der Waals surface area contributed by atoms with Gasteiger partial charge < -0.3 is 11.1 Å². The van der Waals surface area contributed by atoms with Crippen LogP contribution in [0.15, 0.2) is 24.3 Å². The predicted octanol–water partition coefficient (Wildman–Crippen LogP) is 2.31. The van der Waals surface area contributed by atoms with Gasteiger partial charge in [-0.2, -0.15) is 0 Å². The van der Waals surface area contributed by atoms with Crippen LogP contribution in [0.3, 0.4) is 0 Å². The molecule has 1 aromatic carbocycles. The van der Waals surface area contributed by atoms with Crippen molar-refractivity contribution in [3.05, 3.63) is 29.8 Å². The van der Waals surface area contributed by atoms with Crippen LogP contribution >= 0.6 is 0 Å². The molecule has 0 fully saturated rings. The molecule has 1 aromatic rings. The summed E-state index contributed by atoms with van der Waals surface area (Å²) in [4.78, 5) is 10.9. The average molecular weight is 220 g/mol. The minimum atomic E-state index is -0.293. The Kier molecular flexibility index (Phi) is 4.83. The third-order valence-corrected chi connectivity index (χ3v) is 2.73. The molecule has 1 rings (SSSR count). The number of rotatable bonds is 6. The summed E-state index contributed by atoms with van der Waals surface area (Å²) in [5.74, 6) is -0.293. The SMILES string of the molecule is CCC(CC)Nc1ccccc1CC(N)=O. The fourth-order valence-electron chi connectivity index (χ4n) is 1.72. The van der Waals surface area contributed by atoms with Crippen LogP contribution in [-0.2, 0) is 11.2 Å². The lowest BCUT2D eigenvalue weighted by Gasteiger charge is -2.18. The van der Waals surface area contributed by atoms with E-state index in [0.717, 1.165) is 24.1 Å². The van der Waals surface area contributed by atoms with E-state index in [0.29, 0.717) is 12.5 Å². The Hall–Kier alpha value is -1.51. The van der Waals surface area contributed by atoms with E-state index in [1.165, 1.54) is 0 Å². The minimum absolute atomic E-state index is 0.293. The number of benzene rings is 1. The van der Waals surface area contributed by atoms with Crippen molar-refractivity contribution in [1.82, 2.24) is 0 Å². The van der Waals surface area contributed by atoms with Crippen LogP contribution in [0.25, 0.3) is 0 Å². The van der Waals surface area contributed by atoms with Crippen molar-refractivity contribution in [3.8, 4) is 0 Å². The first-order valence-electron chi connectivity index (χ1n) is 5.80. The molecule has 0 aliphatic rings. The fourth-order valence-corrected chi connectivity index (χ4v) is 1.72. The molecule has 0 bridgehead atoms. The summed E-state index contributed by atoms with van der Waals surface area (Å²) < 4.78 is 0. The van der Waals surface area contributed by atoms with Gasteiger partial charge in [0.25, 0.3) is 0 Å². The average Bonchev–Trinajstić information content (AvgIpc) is 2.27. The first kappa shape index (κ1) is 12.6. The van der Waals surface area contributed by atoms with E-state index in [1.54, 1.807) is 0 Å². The van der Waals surface area contributed by atoms with Gasteiger partial charge in [0.15, 0.2) is 0 Å². The number of hydrogen-bond acceptors (Lipinski definition) is 2. The van der Waals surface area contributed by atoms with Gasteiger partial charge >= 0.3 is 0 Å². The van der Waals surface area contributed by atoms with Gasteiger partial charge in [-0.05, 0) is 24.5 Å². The van der Waals surface area contributed by atoms with Crippen LogP contribution in [0.5, 0.6) is 0 Å². The van der Waals surface area contributed by atoms with E-state index < -0.39 is 0 Å². The molecule has 0 atom stereocenters. The summed E-state index contributed by atoms with van der Waals surface area (Å²) in [5, 5.41) is 3.44. The van der Waals surface area contributed by atoms with Gasteiger partial charge in [-0.3, -0.25) is 4.79 Å². The van der Waals surface area contributed by atoms with E-state index in [4.69, 9.17) is 5.73 Å². The zero-order valence-electron chi connectivity index (χ0n) is 9.99. The van der Waals surface area contributed by atoms with Crippen LogP contribution in [-0.4, -0.2) is 11.9 Å². The van der Waals surface area contributed by atoms with Gasteiger partial charge in [-0.25, -0.2) is 0 Å². The van der Waals surface area contributed by atoms with Crippen molar-refractivity contribution in [2.75, 3.05) is 5.32 Å². The second-order valence-electron chi connectivity index (χ2n) is 3.96. The standard InChI is InChI=1S/C13H20N2O/c1-3-11(4-2)15-12-8-6-5-7-10(12)9-13(14)16/h5-8,11,15H,3-4,9H2,1-2H3,(H2,14,16). The largest absolute Gasteiger partial charge is 0.382 e. The summed E-state index contributed by atoms with van der Waals surface area (Å²) in [6, 6.07) is 8.28. The lowest BCUT2D eigenvalue weighted by Crippen LogP contribution is -2.20. The van der Waals surface area contributed by atoms with E-state index in [9.17, 15) is 4.79 Å². The normalized spacial score (nSPS) is 10.4. The van der Waals surface area contributed by atoms with Crippen LogP contribution in [0.4, 0.5) is 5.69 Å². The Morgan fingerprint density at radius 1 is 1.31 bits per heavy atom. The highest BCUT2D eigenvalue weighted by molar-refractivity contribution is 5.78. The highest BCUT2D eigenvalue weighted by atomic mass is 16.1. The summed E-state index contributed by atoms with van der Waals surface area (Å²) >= 11 is 0. The van der Waals surface area contributed by atoms with Gasteiger partial charge in [0.2, 0.25) is 5.91 Å². The summed E-state index contributed by atoms with van der Waals surface area (Å²) in [7, 11) is 0. The number of carbonyl (C=O) groups is 1. The van der Waals surface area contributed by atoms with Gasteiger partial charge in [-0.1, -0.05) is 32.0 Å². The van der Waals surface area contributed by atoms with E-state index in [2.05, 4.69) is 19.2 Å². The minimum Gasteiger partial charge on any atom is -0.382 e. The summed E-state index contributed by atoms with van der Waals surface area (Å²) in [6.07, 6.45) is 2.44. The summed E-state index contributed by atoms with van der Waals surface area (Å²) in [5.41, 5.74) is 7.22. The molecule has 0 radical (unpaired) electrons. The monoisotopic (exact) mass is 220 g/mol. The quantitative estimate of drug-likeness (QED) is 0.773. The maximum atomic E-state index is 10.9. The molecule has 88 valence electrons. The molecule has 0 heterocycles. The van der Waals surface area contributed by atoms with Crippen molar-refractivity contribution in [3.63, 3.8) is 0 Å². The van der Waals surface area contributed by atoms with Crippen molar-refractivity contribution in [2.45, 2.75) is 39.2 Å². The third-order valence-electron chi connectivity index (χ3n) is 2.73. The number of anilines is 1. The number of nitrogens with one attached hydrogen (secondary N) is 1. The van der Waals surface area contributed by atoms with Gasteiger partial charge in [0.1, 0.15) is 0 Å². The molecule has 3 N–H and O–H groups in total. The van der Waals surface area contributed by atoms with Crippen LogP contribution < -0.4 is 11.1 Å². The molecular weight excluding hydrogens is 200 g/mol. The van der Waals surface area contributed by atoms with E-state index >= 15 is 0 Å². The number of carbonyl (C=O) groups excluding carboxylic acids is 1. The number of para-hydroxylation sites is 1. The number of amides is 1. The van der Waals surface area contributed by atoms with Crippen molar-refractivity contribution in [2.24, 2.45) is 5.73 Å². The maximum absolute atomic E-state index is 10.9. The Balaban J connectivity index is 2.81. The van der Waals surface area contributed by atoms with Gasteiger partial charge in [-0.15, -0.1) is 0 Å². The molecule has 0 saturated heterocycles. The number of nitrogens with two attached hydrogens (primary N) is 1. The highest BCUT2D eigenvalue weighted by Crippen LogP contribution is 2.18. The molecule has 3 heteroatoms. The molecular formula is C13H20N2O. The topological polar surface area (TPSA) is 55.1 Å². The smallest absolute Gasteiger partial charge is 0.221 e. The first-order chi connectivity index (χ1) is 7.67. The molecule has 3 nitrogen and oxygen atoms in total. The molecule has 0 aliphatic heterocycles. The van der Waals surface area contributed by atoms with E-state index in [1.807, 2.05) is 24.3 Å². The summed E-state index contributed by atoms with van der Waals surface area (Å²) in [6.45, 7) is 4.30. The zero-order valence-corrected chi connectivity index (χ0v) is 9.99. The Bertz CT molecular complexity index is 346. The van der Waals surface area contributed by atoms with Crippen molar-refractivity contribution in [1.29, 1.82) is 0 Å². The lowest BCUT2D eigenvalue weighted by molar-refractivity contribution is -0.117. The molecule has 0 aromatic heterocycles. The first-order valence-corrected chi connectivity index (χ1v) is 5.80. The van der Waals surface area contributed by atoms with Gasteiger partial charge in [0.05, 0.1) is 6.42 Å². The van der Waals surface area contributed by atoms with Crippen LogP contribution in [0.1, 0.15) is 32.3 Å². The third kappa shape index (κ3) is 3.57.